The van der Waals surface area contributed by atoms with Crippen LogP contribution in [0.2, 0.25) is 0 Å². The van der Waals surface area contributed by atoms with Crippen LogP contribution < -0.4 is 9.47 Å². The van der Waals surface area contributed by atoms with Crippen LogP contribution in [0.4, 0.5) is 4.39 Å². The fraction of sp³-hybridized carbons (Fsp3) is 0.429. The number of carboxylic acids is 4. The van der Waals surface area contributed by atoms with Crippen LogP contribution >= 0.6 is 11.3 Å². The van der Waals surface area contributed by atoms with Crippen LogP contribution in [-0.2, 0) is 25.6 Å². The molecular weight excluding hydrogens is 760 g/mol. The van der Waals surface area contributed by atoms with Gasteiger partial charge in [0.1, 0.15) is 24.2 Å². The molecule has 1 aromatic heterocycles. The Morgan fingerprint density at radius 3 is 2.00 bits per heavy atom. The highest BCUT2D eigenvalue weighted by Crippen LogP contribution is 2.42. The number of carboxylic acid groups (broad SMARTS) is 4. The second-order valence-corrected chi connectivity index (χ2v) is 15.3. The van der Waals surface area contributed by atoms with Gasteiger partial charge in [0.25, 0.3) is 0 Å². The number of nitrogens with zero attached hydrogens (tertiary/aromatic N) is 2. The van der Waals surface area contributed by atoms with Crippen LogP contribution in [0, 0.1) is 5.82 Å². The van der Waals surface area contributed by atoms with Crippen molar-refractivity contribution >= 4 is 45.3 Å². The largest absolute Gasteiger partial charge is 0.508 e. The van der Waals surface area contributed by atoms with Gasteiger partial charge in [0.2, 0.25) is 0 Å². The lowest BCUT2D eigenvalue weighted by molar-refractivity contribution is -0.159. The second-order valence-electron chi connectivity index (χ2n) is 14.3. The van der Waals surface area contributed by atoms with Crippen LogP contribution in [0.5, 0.6) is 17.2 Å². The maximum Gasteiger partial charge on any atom is 0.414 e. The summed E-state index contributed by atoms with van der Waals surface area (Å²) >= 11 is 1.66. The molecule has 5 N–H and O–H groups in total. The van der Waals surface area contributed by atoms with E-state index in [1.54, 1.807) is 23.5 Å². The number of benzene rings is 3. The smallest absolute Gasteiger partial charge is 0.414 e. The summed E-state index contributed by atoms with van der Waals surface area (Å²) in [6, 6.07) is 19.7. The number of phenols is 1. The molecule has 0 unspecified atom stereocenters. The van der Waals surface area contributed by atoms with E-state index in [9.17, 15) is 5.11 Å². The van der Waals surface area contributed by atoms with Gasteiger partial charge in [-0.3, -0.25) is 9.80 Å². The Balaban J connectivity index is 0.000000452. The molecular formula is C42H49FN2O11S. The van der Waals surface area contributed by atoms with Crippen molar-refractivity contribution in [2.75, 3.05) is 39.3 Å². The average molecular weight is 809 g/mol. The topological polar surface area (TPSA) is 194 Å². The van der Waals surface area contributed by atoms with Crippen LogP contribution in [-0.4, -0.2) is 111 Å². The molecule has 0 spiro atoms. The molecule has 57 heavy (non-hydrogen) atoms. The summed E-state index contributed by atoms with van der Waals surface area (Å²) in [4.78, 5) is 42.6. The lowest BCUT2D eigenvalue weighted by Gasteiger charge is -2.41. The van der Waals surface area contributed by atoms with Gasteiger partial charge in [-0.1, -0.05) is 18.9 Å². The van der Waals surface area contributed by atoms with Crippen molar-refractivity contribution in [3.63, 3.8) is 0 Å². The van der Waals surface area contributed by atoms with E-state index in [1.807, 2.05) is 36.4 Å². The van der Waals surface area contributed by atoms with Crippen LogP contribution in [0.1, 0.15) is 68.9 Å². The lowest BCUT2D eigenvalue weighted by atomic mass is 9.90. The SMILES string of the molecule is O=C(O)C(=O)O.O=C(O)C(=O)O.Oc1ccc2c(Cc3ccc(O[C@@H]4CCCC[C@H]4N4CCCCC4)c(F)c3)c(-c3ccc(OCCN4CCCC4)cc3)sc2c1. The number of rotatable bonds is 10. The van der Waals surface area contributed by atoms with Gasteiger partial charge in [-0.15, -0.1) is 11.3 Å². The molecule has 3 aromatic carbocycles. The fourth-order valence-electron chi connectivity index (χ4n) is 7.55. The third kappa shape index (κ3) is 12.4. The van der Waals surface area contributed by atoms with Gasteiger partial charge >= 0.3 is 23.9 Å². The summed E-state index contributed by atoms with van der Waals surface area (Å²) in [5.41, 5.74) is 3.15. The van der Waals surface area contributed by atoms with Gasteiger partial charge in [0.15, 0.2) is 11.6 Å². The summed E-state index contributed by atoms with van der Waals surface area (Å²) in [6.45, 7) is 6.27. The predicted octanol–water partition coefficient (Wildman–Crippen LogP) is 6.97. The van der Waals surface area contributed by atoms with E-state index in [-0.39, 0.29) is 17.7 Å². The molecule has 13 nitrogen and oxygen atoms in total. The van der Waals surface area contributed by atoms with Crippen molar-refractivity contribution in [1.82, 2.24) is 9.80 Å². The average Bonchev–Trinajstić information content (AvgIpc) is 3.85. The highest BCUT2D eigenvalue weighted by atomic mass is 32.1. The number of aromatic hydroxyl groups is 1. The summed E-state index contributed by atoms with van der Waals surface area (Å²) in [7, 11) is 0. The number of aliphatic carboxylic acids is 4. The predicted molar refractivity (Wildman–Crippen MR) is 212 cm³/mol. The molecule has 3 heterocycles. The number of hydrogen-bond donors (Lipinski definition) is 5. The number of piperidine rings is 1. The molecule has 15 heteroatoms. The maximum atomic E-state index is 15.7. The van der Waals surface area contributed by atoms with Crippen LogP contribution in [0.25, 0.3) is 20.5 Å². The Labute approximate surface area is 333 Å². The van der Waals surface area contributed by atoms with E-state index >= 15 is 4.39 Å². The highest BCUT2D eigenvalue weighted by Gasteiger charge is 2.33. The Hall–Kier alpha value is -5.25. The summed E-state index contributed by atoms with van der Waals surface area (Å²) < 4.78 is 29.2. The number of ether oxygens (including phenoxy) is 2. The van der Waals surface area contributed by atoms with E-state index in [0.29, 0.717) is 24.8 Å². The normalized spacial score (nSPS) is 18.4. The minimum absolute atomic E-state index is 0.0458. The van der Waals surface area contributed by atoms with Crippen molar-refractivity contribution in [3.8, 4) is 27.7 Å². The zero-order valence-corrected chi connectivity index (χ0v) is 32.4. The van der Waals surface area contributed by atoms with Gasteiger partial charge in [-0.2, -0.15) is 0 Å². The number of carbonyl (C=O) groups is 4. The van der Waals surface area contributed by atoms with E-state index in [1.165, 1.54) is 51.6 Å². The highest BCUT2D eigenvalue weighted by molar-refractivity contribution is 7.22. The van der Waals surface area contributed by atoms with Gasteiger partial charge < -0.3 is 35.0 Å². The van der Waals surface area contributed by atoms with Crippen molar-refractivity contribution < 1.29 is 58.6 Å². The van der Waals surface area contributed by atoms with E-state index in [2.05, 4.69) is 21.9 Å². The Bertz CT molecular complexity index is 1940. The molecule has 2 atom stereocenters. The molecule has 0 amide bonds. The molecule has 306 valence electrons. The number of fused-ring (bicyclic) bond motifs is 1. The molecule has 4 aromatic rings. The Morgan fingerprint density at radius 1 is 0.737 bits per heavy atom. The van der Waals surface area contributed by atoms with Gasteiger partial charge in [-0.25, -0.2) is 23.6 Å². The number of phenolic OH excluding ortho intramolecular Hbond substituents is 1. The number of likely N-dealkylation sites (tertiary alicyclic amines) is 2. The Kier molecular flexibility index (Phi) is 15.6. The fourth-order valence-corrected chi connectivity index (χ4v) is 8.81. The summed E-state index contributed by atoms with van der Waals surface area (Å²) in [5, 5.41) is 40.9. The molecule has 1 aliphatic carbocycles. The van der Waals surface area contributed by atoms with Crippen molar-refractivity contribution in [1.29, 1.82) is 0 Å². The van der Waals surface area contributed by atoms with Crippen molar-refractivity contribution in [2.24, 2.45) is 0 Å². The summed E-state index contributed by atoms with van der Waals surface area (Å²) in [6.07, 6.45) is 11.5. The van der Waals surface area contributed by atoms with Gasteiger partial charge in [0, 0.05) is 22.2 Å². The molecule has 3 fully saturated rings. The van der Waals surface area contributed by atoms with Gasteiger partial charge in [0.05, 0.1) is 0 Å². The van der Waals surface area contributed by atoms with Crippen LogP contribution in [0.3, 0.4) is 0 Å². The number of hydrogen-bond acceptors (Lipinski definition) is 10. The maximum absolute atomic E-state index is 15.7. The Morgan fingerprint density at radius 2 is 1.37 bits per heavy atom. The lowest BCUT2D eigenvalue weighted by Crippen LogP contribution is -2.49. The second kappa shape index (κ2) is 20.8. The van der Waals surface area contributed by atoms with Gasteiger partial charge in [-0.05, 0) is 154 Å². The monoisotopic (exact) mass is 808 g/mol. The van der Waals surface area contributed by atoms with Crippen LogP contribution in [0.15, 0.2) is 60.7 Å². The molecule has 0 bridgehead atoms. The first-order chi connectivity index (χ1) is 27.4. The zero-order valence-electron chi connectivity index (χ0n) is 31.6. The first-order valence-electron chi connectivity index (χ1n) is 19.2. The molecule has 7 rings (SSSR count). The molecule has 0 radical (unpaired) electrons. The first-order valence-corrected chi connectivity index (χ1v) is 20.0. The van der Waals surface area contributed by atoms with Crippen molar-refractivity contribution in [2.45, 2.75) is 76.4 Å². The minimum Gasteiger partial charge on any atom is -0.508 e. The number of halogens is 1. The summed E-state index contributed by atoms with van der Waals surface area (Å²) in [5.74, 6) is -6.09. The van der Waals surface area contributed by atoms with Crippen molar-refractivity contribution in [3.05, 3.63) is 77.6 Å². The third-order valence-electron chi connectivity index (χ3n) is 10.3. The first kappa shape index (κ1) is 42.9. The zero-order chi connectivity index (χ0) is 40.9. The standard InChI is InChI=1S/C38H45FN2O3S.2C2H2O4/c39-33-25-27(10-17-35(33)44-36-9-3-2-8-34(36)41-20-4-1-5-21-41)24-32-31-16-13-29(42)26-37(31)45-38(32)28-11-14-30(15-12-28)43-23-22-40-18-6-7-19-40;2*3-1(4)2(5)6/h10-17,25-26,34,36,42H,1-9,18-24H2;2*(H,3,4)(H,5,6)/t34-,36-;;/m1../s1. The van der Waals surface area contributed by atoms with E-state index < -0.39 is 23.9 Å². The molecule has 2 saturated heterocycles. The quantitative estimate of drug-likeness (QED) is 0.103. The third-order valence-corrected chi connectivity index (χ3v) is 11.6. The van der Waals surface area contributed by atoms with E-state index in [4.69, 9.17) is 49.1 Å². The van der Waals surface area contributed by atoms with E-state index in [0.717, 1.165) is 76.3 Å². The molecule has 3 aliphatic rings. The minimum atomic E-state index is -1.82. The number of thiophene rings is 1. The molecule has 2 aliphatic heterocycles. The molecule has 1 saturated carbocycles.